The van der Waals surface area contributed by atoms with Crippen LogP contribution in [0.25, 0.3) is 0 Å². The van der Waals surface area contributed by atoms with Gasteiger partial charge in [0, 0.05) is 6.04 Å². The van der Waals surface area contributed by atoms with Gasteiger partial charge in [0.2, 0.25) is 0 Å². The van der Waals surface area contributed by atoms with Gasteiger partial charge in [0.15, 0.2) is 0 Å². The summed E-state index contributed by atoms with van der Waals surface area (Å²) in [5.74, 6) is 0.157. The van der Waals surface area contributed by atoms with E-state index in [2.05, 4.69) is 10.6 Å². The summed E-state index contributed by atoms with van der Waals surface area (Å²) in [4.78, 5) is 22.6. The summed E-state index contributed by atoms with van der Waals surface area (Å²) in [6.45, 7) is 4.03. The summed E-state index contributed by atoms with van der Waals surface area (Å²) in [6, 6.07) is -0.131. The fourth-order valence-corrected chi connectivity index (χ4v) is 2.37. The molecule has 0 spiro atoms. The van der Waals surface area contributed by atoms with Crippen LogP contribution >= 0.6 is 0 Å². The molecule has 0 aliphatic heterocycles. The SMILES string of the molecule is CCOC(=O)CNC(=O)NC(C)C1CCCCC1. The number of ether oxygens (including phenoxy) is 1. The van der Waals surface area contributed by atoms with E-state index < -0.39 is 5.97 Å². The first-order valence-corrected chi connectivity index (χ1v) is 6.83. The van der Waals surface area contributed by atoms with Gasteiger partial charge in [-0.25, -0.2) is 4.79 Å². The molecule has 104 valence electrons. The highest BCUT2D eigenvalue weighted by Crippen LogP contribution is 2.26. The van der Waals surface area contributed by atoms with Gasteiger partial charge in [0.25, 0.3) is 0 Å². The van der Waals surface area contributed by atoms with E-state index in [0.29, 0.717) is 12.5 Å². The van der Waals surface area contributed by atoms with Crippen LogP contribution in [0.4, 0.5) is 4.79 Å². The van der Waals surface area contributed by atoms with E-state index in [-0.39, 0.29) is 18.6 Å². The Labute approximate surface area is 109 Å². The summed E-state index contributed by atoms with van der Waals surface area (Å²) >= 11 is 0. The summed E-state index contributed by atoms with van der Waals surface area (Å²) in [5, 5.41) is 5.40. The number of hydrogen-bond acceptors (Lipinski definition) is 3. The maximum atomic E-state index is 11.6. The van der Waals surface area contributed by atoms with Crippen LogP contribution in [0.3, 0.4) is 0 Å². The van der Waals surface area contributed by atoms with Gasteiger partial charge in [0.05, 0.1) is 6.61 Å². The number of carbonyl (C=O) groups is 2. The lowest BCUT2D eigenvalue weighted by Gasteiger charge is -2.28. The summed E-state index contributed by atoms with van der Waals surface area (Å²) < 4.78 is 4.73. The largest absolute Gasteiger partial charge is 0.465 e. The molecular formula is C13H24N2O3. The number of esters is 1. The normalized spacial score (nSPS) is 17.9. The zero-order chi connectivity index (χ0) is 13.4. The average Bonchev–Trinajstić information content (AvgIpc) is 2.38. The van der Waals surface area contributed by atoms with Crippen molar-refractivity contribution in [3.05, 3.63) is 0 Å². The smallest absolute Gasteiger partial charge is 0.325 e. The van der Waals surface area contributed by atoms with Gasteiger partial charge in [-0.1, -0.05) is 19.3 Å². The Morgan fingerprint density at radius 3 is 2.56 bits per heavy atom. The van der Waals surface area contributed by atoms with Gasteiger partial charge in [-0.15, -0.1) is 0 Å². The molecule has 1 unspecified atom stereocenters. The summed E-state index contributed by atoms with van der Waals surface area (Å²) in [6.07, 6.45) is 6.17. The van der Waals surface area contributed by atoms with Gasteiger partial charge in [-0.3, -0.25) is 4.79 Å². The molecule has 0 saturated heterocycles. The molecular weight excluding hydrogens is 232 g/mol. The van der Waals surface area contributed by atoms with Gasteiger partial charge in [-0.2, -0.15) is 0 Å². The van der Waals surface area contributed by atoms with Crippen LogP contribution in [0.1, 0.15) is 46.0 Å². The standard InChI is InChI=1S/C13H24N2O3/c1-3-18-12(16)9-14-13(17)15-10(2)11-7-5-4-6-8-11/h10-11H,3-9H2,1-2H3,(H2,14,15,17). The molecule has 1 aliphatic carbocycles. The molecule has 0 bridgehead atoms. The van der Waals surface area contributed by atoms with Crippen LogP contribution in [0, 0.1) is 5.92 Å². The first kappa shape index (κ1) is 14.8. The highest BCUT2D eigenvalue weighted by atomic mass is 16.5. The molecule has 1 fully saturated rings. The molecule has 1 rings (SSSR count). The second-order valence-electron chi connectivity index (χ2n) is 4.82. The molecule has 1 aliphatic rings. The molecule has 0 heterocycles. The quantitative estimate of drug-likeness (QED) is 0.737. The van der Waals surface area contributed by atoms with E-state index in [4.69, 9.17) is 4.74 Å². The third-order valence-corrected chi connectivity index (χ3v) is 3.41. The Morgan fingerprint density at radius 2 is 1.94 bits per heavy atom. The minimum absolute atomic E-state index is 0.0724. The van der Waals surface area contributed by atoms with Crippen molar-refractivity contribution in [2.75, 3.05) is 13.2 Å². The Balaban J connectivity index is 2.20. The van der Waals surface area contributed by atoms with Crippen molar-refractivity contribution in [1.82, 2.24) is 10.6 Å². The Kier molecular flexibility index (Phi) is 6.54. The molecule has 18 heavy (non-hydrogen) atoms. The molecule has 0 aromatic carbocycles. The molecule has 0 aromatic heterocycles. The summed E-state index contributed by atoms with van der Waals surface area (Å²) in [5.41, 5.74) is 0. The lowest BCUT2D eigenvalue weighted by atomic mass is 9.85. The fraction of sp³-hybridized carbons (Fsp3) is 0.846. The molecule has 0 radical (unpaired) electrons. The topological polar surface area (TPSA) is 67.4 Å². The first-order valence-electron chi connectivity index (χ1n) is 6.83. The van der Waals surface area contributed by atoms with Crippen LogP contribution in [-0.2, 0) is 9.53 Å². The molecule has 1 atom stereocenters. The average molecular weight is 256 g/mol. The number of hydrogen-bond donors (Lipinski definition) is 2. The van der Waals surface area contributed by atoms with Gasteiger partial charge in [0.1, 0.15) is 6.54 Å². The molecule has 2 N–H and O–H groups in total. The maximum Gasteiger partial charge on any atom is 0.325 e. The predicted molar refractivity (Wildman–Crippen MR) is 69.2 cm³/mol. The zero-order valence-electron chi connectivity index (χ0n) is 11.3. The third-order valence-electron chi connectivity index (χ3n) is 3.41. The van der Waals surface area contributed by atoms with Crippen molar-refractivity contribution in [3.63, 3.8) is 0 Å². The lowest BCUT2D eigenvalue weighted by molar-refractivity contribution is -0.141. The third kappa shape index (κ3) is 5.38. The predicted octanol–water partition coefficient (Wildman–Crippen LogP) is 1.82. The van der Waals surface area contributed by atoms with Gasteiger partial charge < -0.3 is 15.4 Å². The zero-order valence-corrected chi connectivity index (χ0v) is 11.3. The second-order valence-corrected chi connectivity index (χ2v) is 4.82. The molecule has 1 saturated carbocycles. The molecule has 0 aromatic rings. The highest BCUT2D eigenvalue weighted by Gasteiger charge is 2.21. The van der Waals surface area contributed by atoms with E-state index in [1.807, 2.05) is 6.92 Å². The van der Waals surface area contributed by atoms with Crippen LogP contribution in [0.2, 0.25) is 0 Å². The van der Waals surface area contributed by atoms with E-state index in [9.17, 15) is 9.59 Å². The van der Waals surface area contributed by atoms with E-state index in [1.54, 1.807) is 6.92 Å². The van der Waals surface area contributed by atoms with Gasteiger partial charge in [-0.05, 0) is 32.6 Å². The molecule has 2 amide bonds. The number of carbonyl (C=O) groups excluding carboxylic acids is 2. The molecule has 5 heteroatoms. The Bertz CT molecular complexity index is 275. The number of urea groups is 1. The minimum atomic E-state index is -0.405. The number of amides is 2. The lowest BCUT2D eigenvalue weighted by Crippen LogP contribution is -2.46. The monoisotopic (exact) mass is 256 g/mol. The van der Waals surface area contributed by atoms with Crippen molar-refractivity contribution in [1.29, 1.82) is 0 Å². The fourth-order valence-electron chi connectivity index (χ4n) is 2.37. The van der Waals surface area contributed by atoms with Crippen molar-refractivity contribution >= 4 is 12.0 Å². The van der Waals surface area contributed by atoms with Crippen molar-refractivity contribution < 1.29 is 14.3 Å². The Hall–Kier alpha value is -1.26. The molecule has 5 nitrogen and oxygen atoms in total. The van der Waals surface area contributed by atoms with E-state index in [0.717, 1.165) is 0 Å². The first-order chi connectivity index (χ1) is 8.63. The highest BCUT2D eigenvalue weighted by molar-refractivity contribution is 5.80. The van der Waals surface area contributed by atoms with E-state index >= 15 is 0 Å². The Morgan fingerprint density at radius 1 is 1.28 bits per heavy atom. The van der Waals surface area contributed by atoms with Crippen LogP contribution in [0.5, 0.6) is 0 Å². The van der Waals surface area contributed by atoms with Crippen LogP contribution in [0.15, 0.2) is 0 Å². The van der Waals surface area contributed by atoms with Crippen LogP contribution in [-0.4, -0.2) is 31.2 Å². The number of rotatable bonds is 5. The maximum absolute atomic E-state index is 11.6. The van der Waals surface area contributed by atoms with Crippen molar-refractivity contribution in [2.45, 2.75) is 52.0 Å². The van der Waals surface area contributed by atoms with Crippen LogP contribution < -0.4 is 10.6 Å². The number of nitrogens with one attached hydrogen (secondary N) is 2. The van der Waals surface area contributed by atoms with Gasteiger partial charge >= 0.3 is 12.0 Å². The minimum Gasteiger partial charge on any atom is -0.465 e. The van der Waals surface area contributed by atoms with Crippen molar-refractivity contribution in [3.8, 4) is 0 Å². The summed E-state index contributed by atoms with van der Waals surface area (Å²) in [7, 11) is 0. The van der Waals surface area contributed by atoms with Crippen molar-refractivity contribution in [2.24, 2.45) is 5.92 Å². The second kappa shape index (κ2) is 7.95. The van der Waals surface area contributed by atoms with E-state index in [1.165, 1.54) is 32.1 Å².